The normalized spacial score (nSPS) is 17.5. The lowest BCUT2D eigenvalue weighted by molar-refractivity contribution is 0.215. The highest BCUT2D eigenvalue weighted by Crippen LogP contribution is 2.40. The van der Waals surface area contributed by atoms with Gasteiger partial charge in [-0.3, -0.25) is 0 Å². The summed E-state index contributed by atoms with van der Waals surface area (Å²) in [6.45, 7) is 3.85. The summed E-state index contributed by atoms with van der Waals surface area (Å²) in [7, 11) is 2.14. The van der Waals surface area contributed by atoms with Crippen LogP contribution in [0.3, 0.4) is 0 Å². The van der Waals surface area contributed by atoms with Crippen LogP contribution in [0.2, 0.25) is 10.0 Å². The van der Waals surface area contributed by atoms with Crippen molar-refractivity contribution in [2.75, 3.05) is 33.2 Å². The lowest BCUT2D eigenvalue weighted by Gasteiger charge is -2.34. The van der Waals surface area contributed by atoms with Crippen LogP contribution < -0.4 is 4.74 Å². The molecule has 0 saturated carbocycles. The number of hydrogen-bond donors (Lipinski definition) is 0. The van der Waals surface area contributed by atoms with Crippen LogP contribution in [-0.4, -0.2) is 48.9 Å². The number of hydrogen-bond acceptors (Lipinski definition) is 4. The van der Waals surface area contributed by atoms with Crippen LogP contribution in [0.4, 0.5) is 5.69 Å². The zero-order valence-corrected chi connectivity index (χ0v) is 14.8. The van der Waals surface area contributed by atoms with E-state index in [1.54, 1.807) is 6.07 Å². The molecule has 4 nitrogen and oxygen atoms in total. The summed E-state index contributed by atoms with van der Waals surface area (Å²) in [5.41, 5.74) is 1.69. The first-order chi connectivity index (χ1) is 11.6. The van der Waals surface area contributed by atoms with E-state index < -0.39 is 0 Å². The molecule has 0 radical (unpaired) electrons. The van der Waals surface area contributed by atoms with E-state index in [4.69, 9.17) is 32.9 Å². The van der Waals surface area contributed by atoms with Crippen molar-refractivity contribution in [2.24, 2.45) is 4.99 Å². The smallest absolute Gasteiger partial charge is 0.154 e. The van der Waals surface area contributed by atoms with Crippen molar-refractivity contribution >= 4 is 34.7 Å². The molecule has 0 unspecified atom stereocenters. The topological polar surface area (TPSA) is 28.1 Å². The van der Waals surface area contributed by atoms with E-state index >= 15 is 0 Å². The number of aliphatic imine (C=N–C) groups is 1. The minimum atomic E-state index is 0.627. The molecule has 0 spiro atoms. The van der Waals surface area contributed by atoms with Crippen molar-refractivity contribution in [1.82, 2.24) is 9.80 Å². The van der Waals surface area contributed by atoms with Crippen molar-refractivity contribution in [2.45, 2.75) is 0 Å². The summed E-state index contributed by atoms with van der Waals surface area (Å²) in [6, 6.07) is 11.2. The molecule has 0 amide bonds. The van der Waals surface area contributed by atoms with Gasteiger partial charge >= 0.3 is 0 Å². The fourth-order valence-corrected chi connectivity index (χ4v) is 3.31. The minimum Gasteiger partial charge on any atom is -0.454 e. The van der Waals surface area contributed by atoms with Gasteiger partial charge in [-0.25, -0.2) is 4.99 Å². The quantitative estimate of drug-likeness (QED) is 0.694. The van der Waals surface area contributed by atoms with E-state index in [0.717, 1.165) is 49.0 Å². The average molecular weight is 362 g/mol. The summed E-state index contributed by atoms with van der Waals surface area (Å²) < 4.78 is 6.09. The van der Waals surface area contributed by atoms with Crippen LogP contribution in [0.25, 0.3) is 0 Å². The Balaban J connectivity index is 1.85. The number of halogens is 2. The standard InChI is InChI=1S/C18H17Cl2N3O/c1-22-6-8-23(9-7-22)18-14-10-12(19)3-5-16(14)24-17-11-13(20)2-4-15(17)21-18/h2-5,10-11H,6-9H2,1H3. The highest BCUT2D eigenvalue weighted by atomic mass is 35.5. The van der Waals surface area contributed by atoms with Crippen LogP contribution in [0.15, 0.2) is 41.4 Å². The van der Waals surface area contributed by atoms with Crippen molar-refractivity contribution in [3.05, 3.63) is 52.0 Å². The second kappa shape index (κ2) is 6.28. The van der Waals surface area contributed by atoms with Crippen LogP contribution in [0.1, 0.15) is 5.56 Å². The summed E-state index contributed by atoms with van der Waals surface area (Å²) in [5.74, 6) is 2.31. The van der Waals surface area contributed by atoms with Gasteiger partial charge in [0.1, 0.15) is 17.3 Å². The Hall–Kier alpha value is -1.75. The number of amidine groups is 1. The van der Waals surface area contributed by atoms with Crippen LogP contribution in [0.5, 0.6) is 11.5 Å². The Labute approximate surface area is 151 Å². The van der Waals surface area contributed by atoms with Gasteiger partial charge in [0.15, 0.2) is 5.75 Å². The average Bonchev–Trinajstić information content (AvgIpc) is 2.72. The number of benzene rings is 2. The fraction of sp³-hybridized carbons (Fsp3) is 0.278. The Bertz CT molecular complexity index is 814. The molecule has 0 atom stereocenters. The van der Waals surface area contributed by atoms with Gasteiger partial charge in [-0.1, -0.05) is 23.2 Å². The Morgan fingerprint density at radius 2 is 1.62 bits per heavy atom. The molecule has 2 aliphatic heterocycles. The molecule has 0 bridgehead atoms. The highest BCUT2D eigenvalue weighted by molar-refractivity contribution is 6.31. The SMILES string of the molecule is CN1CCN(C2=Nc3ccc(Cl)cc3Oc3ccc(Cl)cc32)CC1. The van der Waals surface area contributed by atoms with E-state index in [0.29, 0.717) is 15.8 Å². The van der Waals surface area contributed by atoms with Crippen LogP contribution >= 0.6 is 23.2 Å². The van der Waals surface area contributed by atoms with Gasteiger partial charge in [-0.2, -0.15) is 0 Å². The number of rotatable bonds is 0. The second-order valence-corrected chi connectivity index (χ2v) is 6.95. The molecule has 2 aromatic carbocycles. The molecule has 0 N–H and O–H groups in total. The van der Waals surface area contributed by atoms with Crippen molar-refractivity contribution < 1.29 is 4.74 Å². The van der Waals surface area contributed by atoms with Gasteiger partial charge in [0.2, 0.25) is 0 Å². The predicted octanol–water partition coefficient (Wildman–Crippen LogP) is 4.42. The summed E-state index contributed by atoms with van der Waals surface area (Å²) >= 11 is 12.4. The molecule has 1 saturated heterocycles. The first-order valence-corrected chi connectivity index (χ1v) is 8.65. The van der Waals surface area contributed by atoms with Crippen molar-refractivity contribution in [3.63, 3.8) is 0 Å². The second-order valence-electron chi connectivity index (χ2n) is 6.08. The third kappa shape index (κ3) is 2.97. The summed E-state index contributed by atoms with van der Waals surface area (Å²) in [4.78, 5) is 9.50. The lowest BCUT2D eigenvalue weighted by atomic mass is 10.1. The zero-order chi connectivity index (χ0) is 16.7. The number of nitrogens with zero attached hydrogens (tertiary/aromatic N) is 3. The molecule has 0 aliphatic carbocycles. The molecule has 2 heterocycles. The van der Waals surface area contributed by atoms with Crippen LogP contribution in [-0.2, 0) is 0 Å². The molecule has 1 fully saturated rings. The maximum absolute atomic E-state index is 6.24. The molecule has 2 aliphatic rings. The molecular weight excluding hydrogens is 345 g/mol. The van der Waals surface area contributed by atoms with E-state index in [-0.39, 0.29) is 0 Å². The van der Waals surface area contributed by atoms with E-state index in [1.165, 1.54) is 0 Å². The number of fused-ring (bicyclic) bond motifs is 2. The molecule has 124 valence electrons. The molecule has 2 aromatic rings. The number of piperazine rings is 1. The van der Waals surface area contributed by atoms with Crippen molar-refractivity contribution in [3.8, 4) is 11.5 Å². The van der Waals surface area contributed by atoms with E-state index in [9.17, 15) is 0 Å². The van der Waals surface area contributed by atoms with Gasteiger partial charge in [0.05, 0.1) is 5.56 Å². The lowest BCUT2D eigenvalue weighted by Crippen LogP contribution is -2.47. The largest absolute Gasteiger partial charge is 0.454 e. The molecular formula is C18H17Cl2N3O. The van der Waals surface area contributed by atoms with Gasteiger partial charge in [0, 0.05) is 42.3 Å². The maximum Gasteiger partial charge on any atom is 0.154 e. The maximum atomic E-state index is 6.24. The Morgan fingerprint density at radius 1 is 0.917 bits per heavy atom. The summed E-state index contributed by atoms with van der Waals surface area (Å²) in [6.07, 6.45) is 0. The Kier molecular flexibility index (Phi) is 4.12. The van der Waals surface area contributed by atoms with Crippen LogP contribution in [0, 0.1) is 0 Å². The molecule has 6 heteroatoms. The zero-order valence-electron chi connectivity index (χ0n) is 13.3. The van der Waals surface area contributed by atoms with E-state index in [1.807, 2.05) is 30.3 Å². The monoisotopic (exact) mass is 361 g/mol. The summed E-state index contributed by atoms with van der Waals surface area (Å²) in [5, 5.41) is 1.30. The van der Waals surface area contributed by atoms with Gasteiger partial charge < -0.3 is 14.5 Å². The molecule has 0 aromatic heterocycles. The fourth-order valence-electron chi connectivity index (χ4n) is 2.98. The number of ether oxygens (including phenoxy) is 1. The molecule has 4 rings (SSSR count). The minimum absolute atomic E-state index is 0.627. The van der Waals surface area contributed by atoms with Crippen molar-refractivity contribution in [1.29, 1.82) is 0 Å². The van der Waals surface area contributed by atoms with Gasteiger partial charge in [0.25, 0.3) is 0 Å². The third-order valence-corrected chi connectivity index (χ3v) is 4.82. The third-order valence-electron chi connectivity index (χ3n) is 4.35. The first kappa shape index (κ1) is 15.8. The highest BCUT2D eigenvalue weighted by Gasteiger charge is 2.25. The molecule has 24 heavy (non-hydrogen) atoms. The Morgan fingerprint density at radius 3 is 2.42 bits per heavy atom. The van der Waals surface area contributed by atoms with E-state index in [2.05, 4.69) is 16.8 Å². The number of likely N-dealkylation sites (N-methyl/N-ethyl adjacent to an activating group) is 1. The predicted molar refractivity (Wildman–Crippen MR) is 98.2 cm³/mol. The first-order valence-electron chi connectivity index (χ1n) is 7.90. The van der Waals surface area contributed by atoms with Gasteiger partial charge in [-0.15, -0.1) is 0 Å². The van der Waals surface area contributed by atoms with Gasteiger partial charge in [-0.05, 0) is 37.4 Å².